The predicted molar refractivity (Wildman–Crippen MR) is 95.3 cm³/mol. The van der Waals surface area contributed by atoms with Crippen LogP contribution < -0.4 is 11.2 Å². The van der Waals surface area contributed by atoms with E-state index in [1.807, 2.05) is 0 Å². The molecule has 0 radical (unpaired) electrons. The number of hydrogen-bond acceptors (Lipinski definition) is 6. The van der Waals surface area contributed by atoms with Crippen molar-refractivity contribution in [3.05, 3.63) is 46.4 Å². The number of likely N-dealkylation sites (N-methyl/N-ethyl adjacent to an activating group) is 1. The van der Waals surface area contributed by atoms with Crippen LogP contribution in [0.5, 0.6) is 0 Å². The lowest BCUT2D eigenvalue weighted by Gasteiger charge is -2.08. The van der Waals surface area contributed by atoms with Crippen LogP contribution in [0.3, 0.4) is 0 Å². The van der Waals surface area contributed by atoms with Gasteiger partial charge in [0.1, 0.15) is 23.6 Å². The molecule has 0 saturated heterocycles. The molecule has 1 aromatic carbocycles. The van der Waals surface area contributed by atoms with E-state index in [1.165, 1.54) is 15.6 Å². The van der Waals surface area contributed by atoms with E-state index in [2.05, 4.69) is 10.3 Å². The fourth-order valence-electron chi connectivity index (χ4n) is 2.25. The molecule has 0 atom stereocenters. The van der Waals surface area contributed by atoms with Crippen molar-refractivity contribution in [1.82, 2.24) is 19.9 Å². The summed E-state index contributed by atoms with van der Waals surface area (Å²) in [4.78, 5) is 25.4. The van der Waals surface area contributed by atoms with E-state index < -0.39 is 0 Å². The van der Waals surface area contributed by atoms with Gasteiger partial charge in [-0.1, -0.05) is 5.21 Å². The minimum atomic E-state index is -0.159. The van der Waals surface area contributed by atoms with Crippen LogP contribution in [0.1, 0.15) is 5.76 Å². The van der Waals surface area contributed by atoms with Gasteiger partial charge in [0.05, 0.1) is 18.1 Å². The number of hydrogen-bond donors (Lipinski definition) is 1. The second kappa shape index (κ2) is 7.45. The Kier molecular flexibility index (Phi) is 5.55. The SMILES string of the molecule is CN(C)C(=O)Cn1cc(-c2ccc3oc(CN)cc(=O)c3c2)nn1.Cl. The lowest BCUT2D eigenvalue weighted by molar-refractivity contribution is -0.129. The monoisotopic (exact) mass is 363 g/mol. The highest BCUT2D eigenvalue weighted by atomic mass is 35.5. The third-order valence-electron chi connectivity index (χ3n) is 3.61. The van der Waals surface area contributed by atoms with Crippen LogP contribution in [-0.4, -0.2) is 39.9 Å². The van der Waals surface area contributed by atoms with Gasteiger partial charge in [-0.25, -0.2) is 4.68 Å². The first kappa shape index (κ1) is 18.6. The molecule has 0 fully saturated rings. The van der Waals surface area contributed by atoms with Gasteiger partial charge in [-0.05, 0) is 18.2 Å². The van der Waals surface area contributed by atoms with Crippen LogP contribution >= 0.6 is 12.4 Å². The summed E-state index contributed by atoms with van der Waals surface area (Å²) in [6.07, 6.45) is 1.67. The fourth-order valence-corrected chi connectivity index (χ4v) is 2.25. The highest BCUT2D eigenvalue weighted by molar-refractivity contribution is 5.85. The molecule has 132 valence electrons. The molecule has 0 unspecified atom stereocenters. The maximum Gasteiger partial charge on any atom is 0.243 e. The van der Waals surface area contributed by atoms with Crippen molar-refractivity contribution >= 4 is 29.3 Å². The van der Waals surface area contributed by atoms with E-state index in [4.69, 9.17) is 10.2 Å². The van der Waals surface area contributed by atoms with Gasteiger partial charge in [-0.3, -0.25) is 9.59 Å². The number of rotatable bonds is 4. The Morgan fingerprint density at radius 3 is 2.76 bits per heavy atom. The standard InChI is InChI=1S/C16H17N5O3.ClH/c1-20(2)16(23)9-21-8-13(18-19-21)10-3-4-15-12(5-10)14(22)6-11(7-17)24-15;/h3-6,8H,7,9,17H2,1-2H3;1H. The molecule has 2 N–H and O–H groups in total. The number of benzene rings is 1. The minimum Gasteiger partial charge on any atom is -0.459 e. The van der Waals surface area contributed by atoms with Gasteiger partial charge in [0.15, 0.2) is 5.43 Å². The van der Waals surface area contributed by atoms with Gasteiger partial charge in [0.2, 0.25) is 5.91 Å². The normalized spacial score (nSPS) is 10.5. The Labute approximate surface area is 149 Å². The number of carbonyl (C=O) groups excluding carboxylic acids is 1. The molecule has 25 heavy (non-hydrogen) atoms. The molecular formula is C16H18ClN5O3. The lowest BCUT2D eigenvalue weighted by Crippen LogP contribution is -2.26. The number of nitrogens with two attached hydrogens (primary N) is 1. The average Bonchev–Trinajstić information content (AvgIpc) is 3.02. The first-order chi connectivity index (χ1) is 11.5. The second-order valence-corrected chi connectivity index (χ2v) is 5.58. The molecule has 0 aliphatic carbocycles. The van der Waals surface area contributed by atoms with Crippen LogP contribution in [-0.2, 0) is 17.9 Å². The van der Waals surface area contributed by atoms with E-state index in [0.29, 0.717) is 22.4 Å². The van der Waals surface area contributed by atoms with Gasteiger partial charge in [-0.15, -0.1) is 17.5 Å². The fraction of sp³-hybridized carbons (Fsp3) is 0.250. The van der Waals surface area contributed by atoms with E-state index in [0.717, 1.165) is 5.56 Å². The van der Waals surface area contributed by atoms with E-state index >= 15 is 0 Å². The maximum atomic E-state index is 12.2. The van der Waals surface area contributed by atoms with Crippen LogP contribution in [0.15, 0.2) is 39.7 Å². The third kappa shape index (κ3) is 3.86. The summed E-state index contributed by atoms with van der Waals surface area (Å²) >= 11 is 0. The summed E-state index contributed by atoms with van der Waals surface area (Å²) in [6, 6.07) is 6.57. The third-order valence-corrected chi connectivity index (χ3v) is 3.61. The largest absolute Gasteiger partial charge is 0.459 e. The number of fused-ring (bicyclic) bond motifs is 1. The number of amides is 1. The zero-order chi connectivity index (χ0) is 17.3. The molecule has 2 heterocycles. The van der Waals surface area contributed by atoms with Crippen LogP contribution in [0.2, 0.25) is 0 Å². The van der Waals surface area contributed by atoms with Crippen molar-refractivity contribution < 1.29 is 9.21 Å². The van der Waals surface area contributed by atoms with Crippen molar-refractivity contribution in [2.24, 2.45) is 5.73 Å². The van der Waals surface area contributed by atoms with E-state index in [9.17, 15) is 9.59 Å². The summed E-state index contributed by atoms with van der Waals surface area (Å²) in [6.45, 7) is 0.275. The smallest absolute Gasteiger partial charge is 0.243 e. The first-order valence-corrected chi connectivity index (χ1v) is 7.35. The Balaban J connectivity index is 0.00000225. The van der Waals surface area contributed by atoms with Crippen molar-refractivity contribution in [3.63, 3.8) is 0 Å². The predicted octanol–water partition coefficient (Wildman–Crippen LogP) is 1.02. The Bertz CT molecular complexity index is 964. The summed E-state index contributed by atoms with van der Waals surface area (Å²) < 4.78 is 7.01. The second-order valence-electron chi connectivity index (χ2n) is 5.58. The Hall–Kier alpha value is -2.71. The van der Waals surface area contributed by atoms with Gasteiger partial charge in [0.25, 0.3) is 0 Å². The molecule has 9 heteroatoms. The first-order valence-electron chi connectivity index (χ1n) is 7.35. The summed E-state index contributed by atoms with van der Waals surface area (Å²) in [7, 11) is 3.36. The molecule has 8 nitrogen and oxygen atoms in total. The highest BCUT2D eigenvalue weighted by Gasteiger charge is 2.11. The highest BCUT2D eigenvalue weighted by Crippen LogP contribution is 2.21. The zero-order valence-electron chi connectivity index (χ0n) is 13.8. The minimum absolute atomic E-state index is 0. The van der Waals surface area contributed by atoms with Crippen LogP contribution in [0.25, 0.3) is 22.2 Å². The molecule has 0 bridgehead atoms. The molecule has 3 rings (SSSR count). The number of carbonyl (C=O) groups is 1. The van der Waals surface area contributed by atoms with Gasteiger partial charge < -0.3 is 15.1 Å². The van der Waals surface area contributed by atoms with Gasteiger partial charge in [-0.2, -0.15) is 0 Å². The van der Waals surface area contributed by atoms with Gasteiger partial charge in [0, 0.05) is 25.7 Å². The van der Waals surface area contributed by atoms with Crippen LogP contribution in [0, 0.1) is 0 Å². The molecule has 0 aliphatic rings. The average molecular weight is 364 g/mol. The van der Waals surface area contributed by atoms with E-state index in [-0.39, 0.29) is 36.8 Å². The van der Waals surface area contributed by atoms with Crippen molar-refractivity contribution in [1.29, 1.82) is 0 Å². The molecular weight excluding hydrogens is 346 g/mol. The molecule has 1 amide bonds. The maximum absolute atomic E-state index is 12.2. The topological polar surface area (TPSA) is 107 Å². The lowest BCUT2D eigenvalue weighted by atomic mass is 10.1. The van der Waals surface area contributed by atoms with E-state index in [1.54, 1.807) is 38.5 Å². The van der Waals surface area contributed by atoms with Crippen molar-refractivity contribution in [3.8, 4) is 11.3 Å². The Morgan fingerprint density at radius 2 is 2.08 bits per heavy atom. The number of aromatic nitrogens is 3. The molecule has 0 spiro atoms. The molecule has 2 aromatic heterocycles. The molecule has 0 aliphatic heterocycles. The zero-order valence-corrected chi connectivity index (χ0v) is 14.6. The summed E-state index contributed by atoms with van der Waals surface area (Å²) in [5, 5.41) is 8.45. The summed E-state index contributed by atoms with van der Waals surface area (Å²) in [5.74, 6) is 0.355. The van der Waals surface area contributed by atoms with Gasteiger partial charge >= 0.3 is 0 Å². The quantitative estimate of drug-likeness (QED) is 0.741. The molecule has 3 aromatic rings. The number of nitrogens with zero attached hydrogens (tertiary/aromatic N) is 4. The Morgan fingerprint density at radius 1 is 1.32 bits per heavy atom. The summed E-state index contributed by atoms with van der Waals surface area (Å²) in [5.41, 5.74) is 7.12. The van der Waals surface area contributed by atoms with Crippen molar-refractivity contribution in [2.75, 3.05) is 14.1 Å². The molecule has 0 saturated carbocycles. The van der Waals surface area contributed by atoms with Crippen molar-refractivity contribution in [2.45, 2.75) is 13.1 Å². The van der Waals surface area contributed by atoms with Crippen LogP contribution in [0.4, 0.5) is 0 Å². The number of halogens is 1.